The molecule has 0 rings (SSSR count). The van der Waals surface area contributed by atoms with Crippen LogP contribution in [0, 0.1) is 17.2 Å². The minimum atomic E-state index is -3.39. The maximum atomic E-state index is 10.8. The van der Waals surface area contributed by atoms with Crippen molar-refractivity contribution < 1.29 is 12.6 Å². The monoisotopic (exact) mass is 177 g/mol. The molecular formula is C6H11NO3S. The molecule has 0 aromatic heterocycles. The van der Waals surface area contributed by atoms with Crippen molar-refractivity contribution in [2.24, 2.45) is 5.92 Å². The fraction of sp³-hybridized carbons (Fsp3) is 0.833. The molecule has 0 N–H and O–H groups in total. The molecule has 0 amide bonds. The second-order valence-electron chi connectivity index (χ2n) is 2.36. The summed E-state index contributed by atoms with van der Waals surface area (Å²) < 4.78 is 25.7. The molecule has 0 bridgehead atoms. The third-order valence-corrected chi connectivity index (χ3v) is 2.67. The van der Waals surface area contributed by atoms with E-state index in [9.17, 15) is 8.42 Å². The van der Waals surface area contributed by atoms with Crippen LogP contribution in [0.2, 0.25) is 0 Å². The van der Waals surface area contributed by atoms with Crippen LogP contribution in [0.25, 0.3) is 0 Å². The van der Waals surface area contributed by atoms with Crippen LogP contribution >= 0.6 is 0 Å². The van der Waals surface area contributed by atoms with E-state index < -0.39 is 10.1 Å². The van der Waals surface area contributed by atoms with E-state index in [4.69, 9.17) is 5.26 Å². The Morgan fingerprint density at radius 2 is 2.18 bits per heavy atom. The summed E-state index contributed by atoms with van der Waals surface area (Å²) in [4.78, 5) is 0. The van der Waals surface area contributed by atoms with E-state index in [-0.39, 0.29) is 18.1 Å². The van der Waals surface area contributed by atoms with Gasteiger partial charge in [0.2, 0.25) is 0 Å². The number of hydrogen-bond donors (Lipinski definition) is 0. The van der Waals surface area contributed by atoms with Crippen LogP contribution in [0.5, 0.6) is 0 Å². The Morgan fingerprint density at radius 3 is 2.55 bits per heavy atom. The van der Waals surface area contributed by atoms with Crippen molar-refractivity contribution in [2.45, 2.75) is 13.3 Å². The van der Waals surface area contributed by atoms with Crippen molar-refractivity contribution >= 4 is 10.1 Å². The van der Waals surface area contributed by atoms with E-state index in [1.54, 1.807) is 6.92 Å². The van der Waals surface area contributed by atoms with E-state index in [0.717, 1.165) is 7.11 Å². The van der Waals surface area contributed by atoms with Crippen molar-refractivity contribution in [3.05, 3.63) is 0 Å². The van der Waals surface area contributed by atoms with Gasteiger partial charge in [-0.25, -0.2) is 0 Å². The zero-order valence-electron chi connectivity index (χ0n) is 6.57. The number of nitrogens with zero attached hydrogens (tertiary/aromatic N) is 1. The molecule has 0 aromatic rings. The molecule has 64 valence electrons. The van der Waals surface area contributed by atoms with Gasteiger partial charge in [-0.15, -0.1) is 0 Å². The van der Waals surface area contributed by atoms with Gasteiger partial charge in [-0.3, -0.25) is 4.18 Å². The SMILES string of the molecule is COS(=O)(=O)C[C@@H](C)CC#N. The first-order valence-electron chi connectivity index (χ1n) is 3.17. The van der Waals surface area contributed by atoms with Gasteiger partial charge in [-0.05, 0) is 5.92 Å². The lowest BCUT2D eigenvalue weighted by Gasteiger charge is -2.04. The molecule has 5 heteroatoms. The van der Waals surface area contributed by atoms with Crippen molar-refractivity contribution in [3.63, 3.8) is 0 Å². The number of nitriles is 1. The Balaban J connectivity index is 3.97. The predicted molar refractivity (Wildman–Crippen MR) is 40.2 cm³/mol. The largest absolute Gasteiger partial charge is 0.273 e. The summed E-state index contributed by atoms with van der Waals surface area (Å²) in [7, 11) is -2.27. The zero-order valence-corrected chi connectivity index (χ0v) is 7.39. The smallest absolute Gasteiger partial charge is 0.267 e. The molecule has 4 nitrogen and oxygen atoms in total. The molecule has 0 unspecified atom stereocenters. The van der Waals surface area contributed by atoms with E-state index in [2.05, 4.69) is 4.18 Å². The van der Waals surface area contributed by atoms with E-state index in [0.29, 0.717) is 0 Å². The molecule has 0 saturated heterocycles. The molecule has 0 aromatic carbocycles. The predicted octanol–water partition coefficient (Wildman–Crippen LogP) is 0.512. The van der Waals surface area contributed by atoms with Gasteiger partial charge in [0.05, 0.1) is 18.9 Å². The lowest BCUT2D eigenvalue weighted by atomic mass is 10.2. The minimum Gasteiger partial charge on any atom is -0.273 e. The highest BCUT2D eigenvalue weighted by Crippen LogP contribution is 2.05. The van der Waals surface area contributed by atoms with Crippen LogP contribution in [-0.4, -0.2) is 21.3 Å². The van der Waals surface area contributed by atoms with Crippen LogP contribution in [0.4, 0.5) is 0 Å². The summed E-state index contributed by atoms with van der Waals surface area (Å²) in [5, 5.41) is 8.22. The second kappa shape index (κ2) is 4.31. The van der Waals surface area contributed by atoms with E-state index in [1.165, 1.54) is 0 Å². The Labute approximate surface area is 66.9 Å². The van der Waals surface area contributed by atoms with Gasteiger partial charge in [0.15, 0.2) is 0 Å². The molecule has 0 heterocycles. The molecular weight excluding hydrogens is 166 g/mol. The fourth-order valence-corrected chi connectivity index (χ4v) is 1.58. The highest BCUT2D eigenvalue weighted by Gasteiger charge is 2.13. The van der Waals surface area contributed by atoms with Gasteiger partial charge in [0.25, 0.3) is 10.1 Å². The Morgan fingerprint density at radius 1 is 1.64 bits per heavy atom. The van der Waals surface area contributed by atoms with Gasteiger partial charge in [0.1, 0.15) is 0 Å². The molecule has 0 spiro atoms. The summed E-state index contributed by atoms with van der Waals surface area (Å²) in [5.74, 6) is -0.248. The number of hydrogen-bond acceptors (Lipinski definition) is 4. The van der Waals surface area contributed by atoms with Crippen molar-refractivity contribution in [3.8, 4) is 6.07 Å². The summed E-state index contributed by atoms with van der Waals surface area (Å²) in [5.41, 5.74) is 0. The molecule has 0 saturated carbocycles. The maximum Gasteiger partial charge on any atom is 0.267 e. The van der Waals surface area contributed by atoms with Crippen LogP contribution in [-0.2, 0) is 14.3 Å². The second-order valence-corrected chi connectivity index (χ2v) is 4.14. The van der Waals surface area contributed by atoms with Crippen molar-refractivity contribution in [1.82, 2.24) is 0 Å². The molecule has 1 atom stereocenters. The van der Waals surface area contributed by atoms with Crippen molar-refractivity contribution in [2.75, 3.05) is 12.9 Å². The Hall–Kier alpha value is -0.600. The van der Waals surface area contributed by atoms with Gasteiger partial charge in [-0.2, -0.15) is 13.7 Å². The summed E-state index contributed by atoms with van der Waals surface area (Å²) in [6, 6.07) is 1.89. The highest BCUT2D eigenvalue weighted by molar-refractivity contribution is 7.86. The summed E-state index contributed by atoms with van der Waals surface area (Å²) >= 11 is 0. The third kappa shape index (κ3) is 4.76. The summed E-state index contributed by atoms with van der Waals surface area (Å²) in [6.45, 7) is 1.69. The molecule has 11 heavy (non-hydrogen) atoms. The quantitative estimate of drug-likeness (QED) is 0.587. The first-order chi connectivity index (χ1) is 5.02. The van der Waals surface area contributed by atoms with Gasteiger partial charge in [0, 0.05) is 6.42 Å². The summed E-state index contributed by atoms with van der Waals surface area (Å²) in [6.07, 6.45) is 0.239. The van der Waals surface area contributed by atoms with E-state index >= 15 is 0 Å². The minimum absolute atomic E-state index is 0.0862. The standard InChI is InChI=1S/C6H11NO3S/c1-6(3-4-7)5-11(8,9)10-2/h6H,3,5H2,1-2H3/t6-/m0/s1. The van der Waals surface area contributed by atoms with E-state index in [1.807, 2.05) is 6.07 Å². The first kappa shape index (κ1) is 10.4. The highest BCUT2D eigenvalue weighted by atomic mass is 32.2. The fourth-order valence-electron chi connectivity index (χ4n) is 0.631. The van der Waals surface area contributed by atoms with Crippen molar-refractivity contribution in [1.29, 1.82) is 5.26 Å². The average molecular weight is 177 g/mol. The molecule has 0 aliphatic carbocycles. The number of rotatable bonds is 4. The first-order valence-corrected chi connectivity index (χ1v) is 4.75. The van der Waals surface area contributed by atoms with Gasteiger partial charge < -0.3 is 0 Å². The lowest BCUT2D eigenvalue weighted by molar-refractivity contribution is 0.391. The lowest BCUT2D eigenvalue weighted by Crippen LogP contribution is -2.14. The van der Waals surface area contributed by atoms with Crippen LogP contribution in [0.1, 0.15) is 13.3 Å². The maximum absolute atomic E-state index is 10.8. The van der Waals surface area contributed by atoms with Gasteiger partial charge in [-0.1, -0.05) is 6.92 Å². The molecule has 0 radical (unpaired) electrons. The average Bonchev–Trinajstić information content (AvgIpc) is 1.87. The molecule has 0 fully saturated rings. The third-order valence-electron chi connectivity index (χ3n) is 1.18. The topological polar surface area (TPSA) is 67.2 Å². The van der Waals surface area contributed by atoms with Crippen LogP contribution < -0.4 is 0 Å². The zero-order chi connectivity index (χ0) is 8.91. The normalized spacial score (nSPS) is 13.9. The molecule has 0 aliphatic rings. The van der Waals surface area contributed by atoms with Gasteiger partial charge >= 0.3 is 0 Å². The van der Waals surface area contributed by atoms with Crippen LogP contribution in [0.15, 0.2) is 0 Å². The Kier molecular flexibility index (Phi) is 4.08. The molecule has 0 aliphatic heterocycles. The van der Waals surface area contributed by atoms with Crippen LogP contribution in [0.3, 0.4) is 0 Å². The Bertz CT molecular complexity index is 239.